The molecule has 124 valence electrons. The summed E-state index contributed by atoms with van der Waals surface area (Å²) in [7, 11) is -0.263. The highest BCUT2D eigenvalue weighted by atomic mass is 32.1. The molecule has 0 radical (unpaired) electrons. The number of rotatable bonds is 2. The second kappa shape index (κ2) is 5.45. The summed E-state index contributed by atoms with van der Waals surface area (Å²) in [5.41, 5.74) is -0.372. The van der Waals surface area contributed by atoms with E-state index < -0.39 is 0 Å². The molecule has 0 N–H and O–H groups in total. The smallest absolute Gasteiger partial charge is 0.399 e. The summed E-state index contributed by atoms with van der Waals surface area (Å²) in [6.07, 6.45) is 0. The molecule has 1 fully saturated rings. The molecule has 3 rings (SSSR count). The summed E-state index contributed by atoms with van der Waals surface area (Å²) in [4.78, 5) is 4.02. The largest absolute Gasteiger partial charge is 0.505 e. The first-order valence-electron chi connectivity index (χ1n) is 8.06. The normalized spacial score (nSPS) is 20.2. The molecule has 0 saturated carbocycles. The van der Waals surface area contributed by atoms with Crippen molar-refractivity contribution in [1.29, 1.82) is 0 Å². The maximum atomic E-state index is 6.15. The molecule has 0 aromatic carbocycles. The minimum atomic E-state index is -0.288. The van der Waals surface area contributed by atoms with Crippen LogP contribution < -0.4 is 4.78 Å². The van der Waals surface area contributed by atoms with Gasteiger partial charge in [0.25, 0.3) is 0 Å². The van der Waals surface area contributed by atoms with Gasteiger partial charge in [-0.15, -0.1) is 22.7 Å². The monoisotopic (exact) mass is 348 g/mol. The van der Waals surface area contributed by atoms with Crippen molar-refractivity contribution in [2.45, 2.75) is 65.1 Å². The summed E-state index contributed by atoms with van der Waals surface area (Å²) in [5.74, 6) is 0. The lowest BCUT2D eigenvalue weighted by Gasteiger charge is -2.32. The third kappa shape index (κ3) is 3.17. The molecule has 0 aliphatic carbocycles. The second-order valence-electron chi connectivity index (χ2n) is 8.20. The van der Waals surface area contributed by atoms with Gasteiger partial charge in [0.15, 0.2) is 0 Å². The molecule has 1 saturated heterocycles. The molecule has 1 aliphatic heterocycles. The van der Waals surface area contributed by atoms with Crippen molar-refractivity contribution in [2.75, 3.05) is 0 Å². The molecule has 0 spiro atoms. The Morgan fingerprint density at radius 1 is 0.826 bits per heavy atom. The maximum Gasteiger partial charge on any atom is 0.505 e. The quantitative estimate of drug-likeness (QED) is 0.705. The molecule has 0 unspecified atom stereocenters. The van der Waals surface area contributed by atoms with E-state index in [0.29, 0.717) is 0 Å². The molecule has 23 heavy (non-hydrogen) atoms. The van der Waals surface area contributed by atoms with Crippen LogP contribution in [0.5, 0.6) is 0 Å². The first-order valence-corrected chi connectivity index (χ1v) is 9.69. The average Bonchev–Trinajstić information content (AvgIpc) is 3.08. The molecule has 2 aromatic rings. The Morgan fingerprint density at radius 3 is 1.87 bits per heavy atom. The average molecular weight is 348 g/mol. The molecule has 5 heteroatoms. The fourth-order valence-electron chi connectivity index (χ4n) is 2.44. The lowest BCUT2D eigenvalue weighted by molar-refractivity contribution is 0.00578. The second-order valence-corrected chi connectivity index (χ2v) is 10.4. The van der Waals surface area contributed by atoms with E-state index in [4.69, 9.17) is 9.31 Å². The van der Waals surface area contributed by atoms with E-state index in [2.05, 4.69) is 72.7 Å². The first-order chi connectivity index (χ1) is 10.5. The van der Waals surface area contributed by atoms with E-state index in [1.165, 1.54) is 14.6 Å². The van der Waals surface area contributed by atoms with Crippen LogP contribution in [0.2, 0.25) is 0 Å². The first kappa shape index (κ1) is 17.2. The Hall–Kier alpha value is -0.615. The fourth-order valence-corrected chi connectivity index (χ4v) is 4.57. The van der Waals surface area contributed by atoms with Gasteiger partial charge in [0.1, 0.15) is 0 Å². The Bertz CT molecular complexity index is 691. The molecular formula is C18H25BO2S2. The summed E-state index contributed by atoms with van der Waals surface area (Å²) < 4.78 is 13.4. The van der Waals surface area contributed by atoms with Crippen molar-refractivity contribution in [3.8, 4) is 9.75 Å². The standard InChI is InChI=1S/C18H25BO2S2/c1-16(2,3)14-10-8-12(22-14)13-9-11-15(23-13)19-20-17(4,5)18(6,7)21-19/h8-11H,1-7H3. The Balaban J connectivity index is 1.83. The third-order valence-electron chi connectivity index (χ3n) is 4.70. The molecule has 1 aliphatic rings. The lowest BCUT2D eigenvalue weighted by atomic mass is 9.88. The van der Waals surface area contributed by atoms with Gasteiger partial charge in [-0.3, -0.25) is 0 Å². The van der Waals surface area contributed by atoms with Crippen molar-refractivity contribution in [3.63, 3.8) is 0 Å². The minimum absolute atomic E-state index is 0.203. The zero-order valence-electron chi connectivity index (χ0n) is 15.0. The van der Waals surface area contributed by atoms with Crippen LogP contribution in [0.15, 0.2) is 24.3 Å². The van der Waals surface area contributed by atoms with E-state index in [9.17, 15) is 0 Å². The summed E-state index contributed by atoms with van der Waals surface area (Å²) >= 11 is 3.65. The SMILES string of the molecule is CC(C)(C)c1ccc(-c2ccc(B3OC(C)(C)C(C)(C)O3)s2)s1. The van der Waals surface area contributed by atoms with Gasteiger partial charge in [0.05, 0.1) is 11.2 Å². The molecule has 2 aromatic heterocycles. The van der Waals surface area contributed by atoms with Crippen molar-refractivity contribution in [1.82, 2.24) is 0 Å². The summed E-state index contributed by atoms with van der Waals surface area (Å²) in [6, 6.07) is 8.79. The highest BCUT2D eigenvalue weighted by molar-refractivity contribution is 7.28. The van der Waals surface area contributed by atoms with Gasteiger partial charge in [0, 0.05) is 19.4 Å². The van der Waals surface area contributed by atoms with Gasteiger partial charge in [-0.2, -0.15) is 0 Å². The van der Waals surface area contributed by atoms with Gasteiger partial charge in [0.2, 0.25) is 0 Å². The van der Waals surface area contributed by atoms with Crippen molar-refractivity contribution in [2.24, 2.45) is 0 Å². The summed E-state index contributed by atoms with van der Waals surface area (Å²) in [5, 5.41) is 0. The Morgan fingerprint density at radius 2 is 1.35 bits per heavy atom. The van der Waals surface area contributed by atoms with Gasteiger partial charge in [-0.25, -0.2) is 0 Å². The van der Waals surface area contributed by atoms with Gasteiger partial charge >= 0.3 is 7.12 Å². The Kier molecular flexibility index (Phi) is 4.08. The van der Waals surface area contributed by atoms with Crippen LogP contribution in [0.3, 0.4) is 0 Å². The van der Waals surface area contributed by atoms with E-state index in [1.807, 2.05) is 11.3 Å². The van der Waals surface area contributed by atoms with Crippen LogP contribution in [0, 0.1) is 0 Å². The third-order valence-corrected chi connectivity index (χ3v) is 7.51. The predicted octanol–water partition coefficient (Wildman–Crippen LogP) is 5.07. The van der Waals surface area contributed by atoms with Crippen molar-refractivity contribution in [3.05, 3.63) is 29.1 Å². The van der Waals surface area contributed by atoms with E-state index >= 15 is 0 Å². The number of hydrogen-bond donors (Lipinski definition) is 0. The topological polar surface area (TPSA) is 18.5 Å². The van der Waals surface area contributed by atoms with Crippen molar-refractivity contribution >= 4 is 34.6 Å². The minimum Gasteiger partial charge on any atom is -0.399 e. The highest BCUT2D eigenvalue weighted by Gasteiger charge is 2.52. The van der Waals surface area contributed by atoms with Crippen LogP contribution >= 0.6 is 22.7 Å². The number of hydrogen-bond acceptors (Lipinski definition) is 4. The number of thiophene rings is 2. The van der Waals surface area contributed by atoms with Crippen LogP contribution in [0.1, 0.15) is 53.3 Å². The van der Waals surface area contributed by atoms with Crippen LogP contribution in [0.4, 0.5) is 0 Å². The zero-order valence-corrected chi connectivity index (χ0v) is 16.7. The van der Waals surface area contributed by atoms with E-state index in [-0.39, 0.29) is 23.7 Å². The zero-order chi connectivity index (χ0) is 17.0. The summed E-state index contributed by atoms with van der Waals surface area (Å²) in [6.45, 7) is 15.1. The Labute approximate surface area is 148 Å². The fraction of sp³-hybridized carbons (Fsp3) is 0.556. The van der Waals surface area contributed by atoms with Gasteiger partial charge in [-0.1, -0.05) is 26.8 Å². The lowest BCUT2D eigenvalue weighted by Crippen LogP contribution is -2.41. The van der Waals surface area contributed by atoms with Crippen LogP contribution in [0.25, 0.3) is 9.75 Å². The van der Waals surface area contributed by atoms with Gasteiger partial charge < -0.3 is 9.31 Å². The molecular weight excluding hydrogens is 323 g/mol. The highest BCUT2D eigenvalue weighted by Crippen LogP contribution is 2.39. The molecule has 3 heterocycles. The van der Waals surface area contributed by atoms with E-state index in [1.54, 1.807) is 11.3 Å². The van der Waals surface area contributed by atoms with Gasteiger partial charge in [-0.05, 0) is 51.3 Å². The van der Waals surface area contributed by atoms with Crippen molar-refractivity contribution < 1.29 is 9.31 Å². The maximum absolute atomic E-state index is 6.15. The molecule has 0 atom stereocenters. The van der Waals surface area contributed by atoms with E-state index in [0.717, 1.165) is 4.78 Å². The van der Waals surface area contributed by atoms with Crippen LogP contribution in [-0.2, 0) is 14.7 Å². The van der Waals surface area contributed by atoms with Crippen LogP contribution in [-0.4, -0.2) is 18.3 Å². The molecule has 0 bridgehead atoms. The predicted molar refractivity (Wildman–Crippen MR) is 102 cm³/mol. The molecule has 0 amide bonds. The molecule has 2 nitrogen and oxygen atoms in total.